The van der Waals surface area contributed by atoms with E-state index in [1.807, 2.05) is 0 Å². The van der Waals surface area contributed by atoms with Crippen LogP contribution in [0.3, 0.4) is 0 Å². The van der Waals surface area contributed by atoms with Gasteiger partial charge in [-0.2, -0.15) is 0 Å². The van der Waals surface area contributed by atoms with E-state index < -0.39 is 87.4 Å². The van der Waals surface area contributed by atoms with E-state index in [0.717, 1.165) is 20.1 Å². The van der Waals surface area contributed by atoms with Crippen LogP contribution in [0, 0.1) is 28.1 Å². The van der Waals surface area contributed by atoms with Gasteiger partial charge in [-0.15, -0.1) is 0 Å². The van der Waals surface area contributed by atoms with Gasteiger partial charge in [0.05, 0.1) is 19.6 Å². The molecule has 4 aliphatic rings. The molecule has 0 spiro atoms. The first-order valence-corrected chi connectivity index (χ1v) is 13.5. The number of cyclic esters (lactones) is 1. The number of furan rings is 1. The number of carbonyl (C=O) groups is 4. The lowest BCUT2D eigenvalue weighted by Crippen LogP contribution is -2.74. The second-order valence-corrected chi connectivity index (χ2v) is 12.8. The van der Waals surface area contributed by atoms with Gasteiger partial charge in [0.2, 0.25) is 6.10 Å². The number of fused-ring (bicyclic) bond motifs is 5. The summed E-state index contributed by atoms with van der Waals surface area (Å²) in [5.74, 6) is -6.34. The Morgan fingerprint density at radius 3 is 2.34 bits per heavy atom. The third-order valence-electron chi connectivity index (χ3n) is 10.6. The SMILES string of the molecule is COC(=O)[C@H](OC(C)=O)[C@H]1C(C)(C)[C@H](O)C(=O)[C@]2(O)[C@@H](O)[C@]3(O)C4=CC(=O)O[C@@H](c5ccoc5)[C@]4(C)CC[C@@H]3[C@]12C. The van der Waals surface area contributed by atoms with Crippen molar-refractivity contribution in [1.29, 1.82) is 0 Å². The van der Waals surface area contributed by atoms with Crippen LogP contribution in [-0.4, -0.2) is 80.7 Å². The van der Waals surface area contributed by atoms with E-state index in [9.17, 15) is 39.6 Å². The van der Waals surface area contributed by atoms with E-state index >= 15 is 0 Å². The number of esters is 3. The van der Waals surface area contributed by atoms with E-state index in [-0.39, 0.29) is 18.4 Å². The largest absolute Gasteiger partial charge is 0.472 e. The molecule has 1 aliphatic heterocycles. The van der Waals surface area contributed by atoms with Crippen molar-refractivity contribution in [3.63, 3.8) is 0 Å². The van der Waals surface area contributed by atoms with Crippen molar-refractivity contribution >= 4 is 23.7 Å². The van der Waals surface area contributed by atoms with Crippen LogP contribution < -0.4 is 0 Å². The molecule has 3 fully saturated rings. The van der Waals surface area contributed by atoms with Crippen LogP contribution in [0.25, 0.3) is 0 Å². The summed E-state index contributed by atoms with van der Waals surface area (Å²) in [6, 6.07) is 1.61. The molecule has 0 radical (unpaired) electrons. The summed E-state index contributed by atoms with van der Waals surface area (Å²) in [7, 11) is 1.07. The maximum atomic E-state index is 13.9. The molecular formula is C29H36O12. The number of aliphatic hydroxyl groups is 4. The minimum Gasteiger partial charge on any atom is -0.472 e. The average Bonchev–Trinajstić information content (AvgIpc) is 3.48. The van der Waals surface area contributed by atoms with Crippen molar-refractivity contribution in [3.05, 3.63) is 35.8 Å². The number of aliphatic hydroxyl groups excluding tert-OH is 2. The molecule has 2 heterocycles. The molecule has 4 N–H and O–H groups in total. The molecule has 0 aromatic carbocycles. The van der Waals surface area contributed by atoms with Crippen LogP contribution in [0.1, 0.15) is 59.1 Å². The number of ketones is 1. The normalized spacial score (nSPS) is 43.6. The summed E-state index contributed by atoms with van der Waals surface area (Å²) >= 11 is 0. The van der Waals surface area contributed by atoms with Crippen LogP contribution in [0.5, 0.6) is 0 Å². The Hall–Kier alpha value is -3.06. The molecule has 224 valence electrons. The summed E-state index contributed by atoms with van der Waals surface area (Å²) in [4.78, 5) is 52.1. The number of carbonyl (C=O) groups excluding carboxylic acids is 4. The molecule has 12 heteroatoms. The van der Waals surface area contributed by atoms with Crippen LogP contribution in [0.15, 0.2) is 34.7 Å². The molecule has 5 rings (SSSR count). The molecule has 0 saturated heterocycles. The Morgan fingerprint density at radius 1 is 1.12 bits per heavy atom. The molecule has 1 aromatic heterocycles. The Morgan fingerprint density at radius 2 is 1.78 bits per heavy atom. The summed E-state index contributed by atoms with van der Waals surface area (Å²) in [5.41, 5.74) is -9.20. The standard InChI is InChI=1S/C29H36O12/c1-13(30)40-18(23(34)38-6)19-25(2,3)20(32)21(33)29(37)24(35)28(36)15(27(19,29)5)7-9-26(4)16(28)11-17(31)41-22(26)14-8-10-39-12-14/h8,10-12,15,18-20,22,24,32,35-37H,7,9H2,1-6H3/t15-,18-,19+,20-,22+,24+,26-,27-,28-,29+/m1/s1. The number of hydrogen-bond donors (Lipinski definition) is 4. The van der Waals surface area contributed by atoms with Gasteiger partial charge in [0.1, 0.15) is 23.9 Å². The fourth-order valence-electron chi connectivity index (χ4n) is 8.82. The van der Waals surface area contributed by atoms with Gasteiger partial charge in [0.25, 0.3) is 0 Å². The van der Waals surface area contributed by atoms with Gasteiger partial charge in [0.15, 0.2) is 11.4 Å². The predicted octanol–water partition coefficient (Wildman–Crippen LogP) is 0.754. The predicted molar refractivity (Wildman–Crippen MR) is 136 cm³/mol. The van der Waals surface area contributed by atoms with Gasteiger partial charge < -0.3 is 39.1 Å². The Balaban J connectivity index is 1.77. The molecule has 0 unspecified atom stereocenters. The number of rotatable bonds is 4. The van der Waals surface area contributed by atoms with Crippen molar-refractivity contribution < 1.29 is 58.2 Å². The number of ether oxygens (including phenoxy) is 3. The fourth-order valence-corrected chi connectivity index (χ4v) is 8.82. The van der Waals surface area contributed by atoms with E-state index in [2.05, 4.69) is 0 Å². The maximum absolute atomic E-state index is 13.9. The molecule has 1 aromatic rings. The molecule has 41 heavy (non-hydrogen) atoms. The second-order valence-electron chi connectivity index (χ2n) is 12.8. The zero-order valence-electron chi connectivity index (χ0n) is 23.7. The number of methoxy groups -OCH3 is 1. The van der Waals surface area contributed by atoms with Crippen molar-refractivity contribution in [2.24, 2.45) is 28.1 Å². The lowest BCUT2D eigenvalue weighted by atomic mass is 9.44. The fraction of sp³-hybridized carbons (Fsp3) is 0.655. The highest BCUT2D eigenvalue weighted by Gasteiger charge is 2.85. The molecule has 3 saturated carbocycles. The zero-order chi connectivity index (χ0) is 30.5. The van der Waals surface area contributed by atoms with Gasteiger partial charge in [-0.1, -0.05) is 27.7 Å². The third kappa shape index (κ3) is 3.41. The van der Waals surface area contributed by atoms with E-state index in [1.165, 1.54) is 33.3 Å². The first-order valence-electron chi connectivity index (χ1n) is 13.5. The van der Waals surface area contributed by atoms with Crippen LogP contribution in [0.2, 0.25) is 0 Å². The van der Waals surface area contributed by atoms with Gasteiger partial charge in [-0.05, 0) is 24.5 Å². The lowest BCUT2D eigenvalue weighted by molar-refractivity contribution is -0.241. The monoisotopic (exact) mass is 576 g/mol. The molecule has 10 atom stereocenters. The van der Waals surface area contributed by atoms with E-state index in [1.54, 1.807) is 13.0 Å². The summed E-state index contributed by atoms with van der Waals surface area (Å²) in [6.45, 7) is 7.21. The first kappa shape index (κ1) is 29.4. The number of hydrogen-bond acceptors (Lipinski definition) is 12. The van der Waals surface area contributed by atoms with Crippen LogP contribution in [0.4, 0.5) is 0 Å². The van der Waals surface area contributed by atoms with Gasteiger partial charge in [-0.25, -0.2) is 9.59 Å². The average molecular weight is 577 g/mol. The molecule has 3 aliphatic carbocycles. The van der Waals surface area contributed by atoms with E-state index in [0.29, 0.717) is 5.56 Å². The smallest absolute Gasteiger partial charge is 0.347 e. The Labute approximate surface area is 236 Å². The summed E-state index contributed by atoms with van der Waals surface area (Å²) in [5, 5.41) is 48.2. The summed E-state index contributed by atoms with van der Waals surface area (Å²) < 4.78 is 21.2. The first-order chi connectivity index (χ1) is 18.9. The maximum Gasteiger partial charge on any atom is 0.347 e. The van der Waals surface area contributed by atoms with Gasteiger partial charge in [-0.3, -0.25) is 9.59 Å². The Bertz CT molecular complexity index is 1330. The van der Waals surface area contributed by atoms with E-state index in [4.69, 9.17) is 18.6 Å². The zero-order valence-corrected chi connectivity index (χ0v) is 23.7. The highest BCUT2D eigenvalue weighted by molar-refractivity contribution is 5.96. The highest BCUT2D eigenvalue weighted by atomic mass is 16.6. The van der Waals surface area contributed by atoms with Gasteiger partial charge >= 0.3 is 17.9 Å². The van der Waals surface area contributed by atoms with Crippen LogP contribution >= 0.6 is 0 Å². The van der Waals surface area contributed by atoms with Crippen molar-refractivity contribution in [3.8, 4) is 0 Å². The minimum absolute atomic E-state index is 0.0428. The molecule has 0 bridgehead atoms. The van der Waals surface area contributed by atoms with Crippen molar-refractivity contribution in [1.82, 2.24) is 0 Å². The summed E-state index contributed by atoms with van der Waals surface area (Å²) in [6.07, 6.45) is -2.62. The molecule has 0 amide bonds. The topological polar surface area (TPSA) is 190 Å². The highest BCUT2D eigenvalue weighted by Crippen LogP contribution is 2.74. The number of Topliss-reactive ketones (excluding diaryl/α,β-unsaturated/α-hetero) is 1. The quantitative estimate of drug-likeness (QED) is 0.291. The molecular weight excluding hydrogens is 540 g/mol. The van der Waals surface area contributed by atoms with Crippen molar-refractivity contribution in [2.75, 3.05) is 7.11 Å². The molecule has 12 nitrogen and oxygen atoms in total. The van der Waals surface area contributed by atoms with Crippen LogP contribution in [-0.2, 0) is 33.4 Å². The Kier molecular flexibility index (Phi) is 6.44. The minimum atomic E-state index is -2.84. The van der Waals surface area contributed by atoms with Gasteiger partial charge in [0, 0.05) is 46.6 Å². The lowest BCUT2D eigenvalue weighted by Gasteiger charge is -2.60. The van der Waals surface area contributed by atoms with Crippen molar-refractivity contribution in [2.45, 2.75) is 83.1 Å². The third-order valence-corrected chi connectivity index (χ3v) is 10.6. The second kappa shape index (κ2) is 8.97.